The summed E-state index contributed by atoms with van der Waals surface area (Å²) >= 11 is 0. The molecule has 0 aliphatic carbocycles. The van der Waals surface area contributed by atoms with E-state index >= 15 is 0 Å². The molecule has 0 aliphatic rings. The Bertz CT molecular complexity index is 607. The summed E-state index contributed by atoms with van der Waals surface area (Å²) in [7, 11) is 0. The number of aromatic nitrogens is 3. The van der Waals surface area contributed by atoms with Crippen LogP contribution in [0.2, 0.25) is 0 Å². The Kier molecular flexibility index (Phi) is 3.56. The van der Waals surface area contributed by atoms with E-state index in [1.807, 2.05) is 0 Å². The number of nitrogens with one attached hydrogen (secondary N) is 2. The molecule has 0 aliphatic heterocycles. The topological polar surface area (TPSA) is 108 Å². The van der Waals surface area contributed by atoms with Crippen LogP contribution in [0.5, 0.6) is 0 Å². The van der Waals surface area contributed by atoms with Crippen LogP contribution in [-0.4, -0.2) is 32.2 Å². The van der Waals surface area contributed by atoms with Crippen LogP contribution in [0.25, 0.3) is 0 Å². The summed E-state index contributed by atoms with van der Waals surface area (Å²) in [5.74, 6) is -1.42. The van der Waals surface area contributed by atoms with Gasteiger partial charge >= 0.3 is 5.97 Å². The van der Waals surface area contributed by atoms with Gasteiger partial charge in [-0.25, -0.2) is 9.78 Å². The molecule has 2 aromatic rings. The van der Waals surface area contributed by atoms with Crippen LogP contribution >= 0.6 is 0 Å². The van der Waals surface area contributed by atoms with E-state index in [0.29, 0.717) is 12.2 Å². The van der Waals surface area contributed by atoms with Crippen LogP contribution in [0, 0.1) is 6.92 Å². The van der Waals surface area contributed by atoms with E-state index in [-0.39, 0.29) is 17.2 Å². The molecule has 0 atom stereocenters. The summed E-state index contributed by atoms with van der Waals surface area (Å²) in [4.78, 5) is 26.6. The first-order chi connectivity index (χ1) is 9.08. The molecule has 3 N–H and O–H groups in total. The molecule has 7 nitrogen and oxygen atoms in total. The maximum Gasteiger partial charge on any atom is 0.337 e. The number of carbonyl (C=O) groups excluding carboxylic acids is 1. The molecule has 0 radical (unpaired) electrons. The largest absolute Gasteiger partial charge is 0.478 e. The molecule has 0 fully saturated rings. The van der Waals surface area contributed by atoms with E-state index in [4.69, 9.17) is 5.11 Å². The number of carboxylic acids is 1. The molecular formula is C12H12N4O3. The molecular weight excluding hydrogens is 248 g/mol. The second-order valence-electron chi connectivity index (χ2n) is 3.92. The molecule has 2 rings (SSSR count). The molecule has 0 saturated carbocycles. The van der Waals surface area contributed by atoms with E-state index in [2.05, 4.69) is 20.5 Å². The molecule has 0 saturated heterocycles. The number of carbonyl (C=O) groups is 2. The standard InChI is InChI=1S/C12H12N4O3/c1-7-9(12(18)19)2-3-10(16-7)11(17)13-4-8-5-14-15-6-8/h2-3,5-6H,4H2,1H3,(H,13,17)(H,14,15)(H,18,19). The summed E-state index contributed by atoms with van der Waals surface area (Å²) in [5.41, 5.74) is 1.42. The fourth-order valence-corrected chi connectivity index (χ4v) is 1.56. The van der Waals surface area contributed by atoms with Crippen LogP contribution in [0.15, 0.2) is 24.5 Å². The van der Waals surface area contributed by atoms with Crippen LogP contribution < -0.4 is 5.32 Å². The average molecular weight is 260 g/mol. The Morgan fingerprint density at radius 1 is 1.42 bits per heavy atom. The molecule has 0 spiro atoms. The van der Waals surface area contributed by atoms with E-state index < -0.39 is 5.97 Å². The molecule has 1 amide bonds. The Labute approximate surface area is 108 Å². The predicted octanol–water partition coefficient (Wildman–Crippen LogP) is 0.741. The van der Waals surface area contributed by atoms with Gasteiger partial charge in [0.1, 0.15) is 5.69 Å². The lowest BCUT2D eigenvalue weighted by atomic mass is 10.2. The fourth-order valence-electron chi connectivity index (χ4n) is 1.56. The number of carboxylic acid groups (broad SMARTS) is 1. The summed E-state index contributed by atoms with van der Waals surface area (Å²) in [5, 5.41) is 17.9. The number of hydrogen-bond acceptors (Lipinski definition) is 4. The SMILES string of the molecule is Cc1nc(C(=O)NCc2cn[nH]c2)ccc1C(=O)O. The summed E-state index contributed by atoms with van der Waals surface area (Å²) in [6, 6.07) is 2.76. The monoisotopic (exact) mass is 260 g/mol. The molecule has 0 aromatic carbocycles. The van der Waals surface area contributed by atoms with Gasteiger partial charge in [-0.05, 0) is 19.1 Å². The third-order valence-electron chi connectivity index (χ3n) is 2.56. The van der Waals surface area contributed by atoms with E-state index in [0.717, 1.165) is 5.56 Å². The van der Waals surface area contributed by atoms with E-state index in [1.54, 1.807) is 19.3 Å². The van der Waals surface area contributed by atoms with Gasteiger partial charge in [-0.2, -0.15) is 5.10 Å². The van der Waals surface area contributed by atoms with Crippen molar-refractivity contribution >= 4 is 11.9 Å². The van der Waals surface area contributed by atoms with Crippen LogP contribution in [0.4, 0.5) is 0 Å². The Morgan fingerprint density at radius 2 is 2.21 bits per heavy atom. The van der Waals surface area contributed by atoms with Crippen molar-refractivity contribution in [3.05, 3.63) is 47.0 Å². The van der Waals surface area contributed by atoms with Crippen molar-refractivity contribution in [2.24, 2.45) is 0 Å². The third-order valence-corrected chi connectivity index (χ3v) is 2.56. The number of pyridine rings is 1. The number of aryl methyl sites for hydroxylation is 1. The van der Waals surface area contributed by atoms with Gasteiger partial charge in [0.05, 0.1) is 17.5 Å². The highest BCUT2D eigenvalue weighted by molar-refractivity contribution is 5.94. The van der Waals surface area contributed by atoms with Crippen molar-refractivity contribution in [2.45, 2.75) is 13.5 Å². The quantitative estimate of drug-likeness (QED) is 0.751. The summed E-state index contributed by atoms with van der Waals surface area (Å²) in [6.07, 6.45) is 3.28. The number of rotatable bonds is 4. The second-order valence-corrected chi connectivity index (χ2v) is 3.92. The highest BCUT2D eigenvalue weighted by Gasteiger charge is 2.12. The van der Waals surface area contributed by atoms with Crippen molar-refractivity contribution in [1.29, 1.82) is 0 Å². The van der Waals surface area contributed by atoms with Gasteiger partial charge in [0.2, 0.25) is 0 Å². The normalized spacial score (nSPS) is 10.2. The molecule has 0 bridgehead atoms. The minimum absolute atomic E-state index is 0.0892. The maximum atomic E-state index is 11.8. The molecule has 2 aromatic heterocycles. The van der Waals surface area contributed by atoms with Gasteiger partial charge in [0.15, 0.2) is 0 Å². The van der Waals surface area contributed by atoms with Crippen molar-refractivity contribution in [3.63, 3.8) is 0 Å². The second kappa shape index (κ2) is 5.30. The number of nitrogens with zero attached hydrogens (tertiary/aromatic N) is 2. The van der Waals surface area contributed by atoms with Gasteiger partial charge in [0.25, 0.3) is 5.91 Å². The summed E-state index contributed by atoms with van der Waals surface area (Å²) < 4.78 is 0. The molecule has 98 valence electrons. The van der Waals surface area contributed by atoms with Gasteiger partial charge in [-0.15, -0.1) is 0 Å². The minimum atomic E-state index is -1.06. The van der Waals surface area contributed by atoms with E-state index in [1.165, 1.54) is 12.1 Å². The molecule has 0 unspecified atom stereocenters. The lowest BCUT2D eigenvalue weighted by molar-refractivity contribution is 0.0694. The number of amides is 1. The Balaban J connectivity index is 2.07. The zero-order valence-corrected chi connectivity index (χ0v) is 10.2. The van der Waals surface area contributed by atoms with Crippen LogP contribution in [-0.2, 0) is 6.54 Å². The van der Waals surface area contributed by atoms with Gasteiger partial charge < -0.3 is 10.4 Å². The van der Waals surface area contributed by atoms with Crippen LogP contribution in [0.1, 0.15) is 32.1 Å². The minimum Gasteiger partial charge on any atom is -0.478 e. The zero-order chi connectivity index (χ0) is 13.8. The first kappa shape index (κ1) is 12.7. The number of hydrogen-bond donors (Lipinski definition) is 3. The predicted molar refractivity (Wildman–Crippen MR) is 65.7 cm³/mol. The highest BCUT2D eigenvalue weighted by atomic mass is 16.4. The van der Waals surface area contributed by atoms with Crippen molar-refractivity contribution in [2.75, 3.05) is 0 Å². The van der Waals surface area contributed by atoms with Crippen LogP contribution in [0.3, 0.4) is 0 Å². The zero-order valence-electron chi connectivity index (χ0n) is 10.2. The third kappa shape index (κ3) is 2.95. The first-order valence-corrected chi connectivity index (χ1v) is 5.54. The number of aromatic amines is 1. The van der Waals surface area contributed by atoms with Gasteiger partial charge in [0, 0.05) is 18.3 Å². The lowest BCUT2D eigenvalue weighted by Crippen LogP contribution is -2.24. The lowest BCUT2D eigenvalue weighted by Gasteiger charge is -2.05. The van der Waals surface area contributed by atoms with Crippen molar-refractivity contribution in [1.82, 2.24) is 20.5 Å². The highest BCUT2D eigenvalue weighted by Crippen LogP contribution is 2.07. The Morgan fingerprint density at radius 3 is 2.79 bits per heavy atom. The fraction of sp³-hybridized carbons (Fsp3) is 0.167. The molecule has 19 heavy (non-hydrogen) atoms. The number of aromatic carboxylic acids is 1. The summed E-state index contributed by atoms with van der Waals surface area (Å²) in [6.45, 7) is 1.88. The molecule has 2 heterocycles. The van der Waals surface area contributed by atoms with Crippen molar-refractivity contribution in [3.8, 4) is 0 Å². The Hall–Kier alpha value is -2.70. The average Bonchev–Trinajstić information content (AvgIpc) is 2.88. The van der Waals surface area contributed by atoms with Crippen molar-refractivity contribution < 1.29 is 14.7 Å². The van der Waals surface area contributed by atoms with E-state index in [9.17, 15) is 9.59 Å². The number of H-pyrrole nitrogens is 1. The van der Waals surface area contributed by atoms with Gasteiger partial charge in [-0.1, -0.05) is 0 Å². The smallest absolute Gasteiger partial charge is 0.337 e. The maximum absolute atomic E-state index is 11.8. The van der Waals surface area contributed by atoms with Gasteiger partial charge in [-0.3, -0.25) is 9.89 Å². The molecule has 7 heteroatoms. The first-order valence-electron chi connectivity index (χ1n) is 5.54.